The SMILES string of the molecule is CC(C)c1ncc2n1-c1ccncc1NC21CCN(C(=O)OCc2ccccc2)CC1. The summed E-state index contributed by atoms with van der Waals surface area (Å²) in [6.45, 7) is 5.87. The van der Waals surface area contributed by atoms with Crippen molar-refractivity contribution in [1.82, 2.24) is 19.4 Å². The van der Waals surface area contributed by atoms with Crippen LogP contribution >= 0.6 is 0 Å². The van der Waals surface area contributed by atoms with Crippen LogP contribution in [0.3, 0.4) is 0 Å². The van der Waals surface area contributed by atoms with Gasteiger partial charge in [0, 0.05) is 25.2 Å². The van der Waals surface area contributed by atoms with Crippen molar-refractivity contribution in [3.05, 3.63) is 72.1 Å². The number of nitrogens with one attached hydrogen (secondary N) is 1. The van der Waals surface area contributed by atoms with Crippen LogP contribution in [-0.4, -0.2) is 38.6 Å². The monoisotopic (exact) mass is 417 g/mol. The molecule has 1 amide bonds. The van der Waals surface area contributed by atoms with Crippen molar-refractivity contribution >= 4 is 11.8 Å². The van der Waals surface area contributed by atoms with Crippen LogP contribution in [0.4, 0.5) is 10.5 Å². The van der Waals surface area contributed by atoms with E-state index in [0.717, 1.165) is 41.3 Å². The van der Waals surface area contributed by atoms with E-state index in [-0.39, 0.29) is 11.6 Å². The zero-order valence-electron chi connectivity index (χ0n) is 17.9. The quantitative estimate of drug-likeness (QED) is 0.682. The highest BCUT2D eigenvalue weighted by Crippen LogP contribution is 2.44. The number of hydrogen-bond donors (Lipinski definition) is 1. The van der Waals surface area contributed by atoms with E-state index in [2.05, 4.69) is 28.7 Å². The van der Waals surface area contributed by atoms with Gasteiger partial charge in [0.1, 0.15) is 12.4 Å². The van der Waals surface area contributed by atoms with Crippen LogP contribution in [0.15, 0.2) is 55.0 Å². The minimum atomic E-state index is -0.271. The fourth-order valence-electron chi connectivity index (χ4n) is 4.63. The molecule has 0 saturated carbocycles. The second-order valence-electron chi connectivity index (χ2n) is 8.62. The third-order valence-corrected chi connectivity index (χ3v) is 6.29. The first-order valence-corrected chi connectivity index (χ1v) is 10.8. The number of aromatic nitrogens is 3. The van der Waals surface area contributed by atoms with E-state index >= 15 is 0 Å². The van der Waals surface area contributed by atoms with Crippen LogP contribution in [0, 0.1) is 0 Å². The molecular weight excluding hydrogens is 390 g/mol. The molecule has 0 atom stereocenters. The fraction of sp³-hybridized carbons (Fsp3) is 0.375. The highest BCUT2D eigenvalue weighted by Gasteiger charge is 2.44. The number of amides is 1. The van der Waals surface area contributed by atoms with E-state index < -0.39 is 0 Å². The summed E-state index contributed by atoms with van der Waals surface area (Å²) in [5, 5.41) is 3.74. The molecule has 4 heterocycles. The largest absolute Gasteiger partial charge is 0.445 e. The van der Waals surface area contributed by atoms with E-state index in [1.54, 1.807) is 4.90 Å². The third-order valence-electron chi connectivity index (χ3n) is 6.29. The molecule has 1 N–H and O–H groups in total. The lowest BCUT2D eigenvalue weighted by Gasteiger charge is -2.45. The molecule has 2 aliphatic heterocycles. The summed E-state index contributed by atoms with van der Waals surface area (Å²) >= 11 is 0. The van der Waals surface area contributed by atoms with Gasteiger partial charge in [-0.1, -0.05) is 44.2 Å². The van der Waals surface area contributed by atoms with Crippen molar-refractivity contribution in [3.8, 4) is 5.69 Å². The maximum Gasteiger partial charge on any atom is 0.410 e. The molecule has 7 heteroatoms. The molecule has 7 nitrogen and oxygen atoms in total. The second-order valence-corrected chi connectivity index (χ2v) is 8.62. The second kappa shape index (κ2) is 7.72. The molecule has 1 spiro atoms. The first-order chi connectivity index (χ1) is 15.1. The van der Waals surface area contributed by atoms with Crippen LogP contribution < -0.4 is 5.32 Å². The van der Waals surface area contributed by atoms with Crippen LogP contribution in [0.2, 0.25) is 0 Å². The van der Waals surface area contributed by atoms with Gasteiger partial charge in [-0.2, -0.15) is 0 Å². The van der Waals surface area contributed by atoms with Gasteiger partial charge < -0.3 is 15.0 Å². The topological polar surface area (TPSA) is 72.3 Å². The summed E-state index contributed by atoms with van der Waals surface area (Å²) in [7, 11) is 0. The van der Waals surface area contributed by atoms with Gasteiger partial charge in [-0.25, -0.2) is 9.78 Å². The molecule has 1 saturated heterocycles. The number of carbonyl (C=O) groups is 1. The normalized spacial score (nSPS) is 16.5. The number of pyridine rings is 1. The average molecular weight is 418 g/mol. The lowest BCUT2D eigenvalue weighted by atomic mass is 9.82. The fourth-order valence-corrected chi connectivity index (χ4v) is 4.63. The molecule has 160 valence electrons. The molecule has 31 heavy (non-hydrogen) atoms. The van der Waals surface area contributed by atoms with Gasteiger partial charge in [0.25, 0.3) is 0 Å². The maximum absolute atomic E-state index is 12.6. The van der Waals surface area contributed by atoms with Crippen molar-refractivity contribution in [2.75, 3.05) is 18.4 Å². The number of rotatable bonds is 3. The molecule has 1 aromatic carbocycles. The number of carbonyl (C=O) groups excluding carboxylic acids is 1. The smallest absolute Gasteiger partial charge is 0.410 e. The summed E-state index contributed by atoms with van der Waals surface area (Å²) in [4.78, 5) is 23.5. The van der Waals surface area contributed by atoms with E-state index in [1.165, 1.54) is 0 Å². The zero-order valence-corrected chi connectivity index (χ0v) is 17.9. The zero-order chi connectivity index (χ0) is 21.4. The number of ether oxygens (including phenoxy) is 1. The van der Waals surface area contributed by atoms with Crippen LogP contribution in [-0.2, 0) is 16.9 Å². The Hall–Kier alpha value is -3.35. The van der Waals surface area contributed by atoms with Gasteiger partial charge in [-0.15, -0.1) is 0 Å². The molecule has 0 bridgehead atoms. The van der Waals surface area contributed by atoms with E-state index in [0.29, 0.717) is 25.6 Å². The van der Waals surface area contributed by atoms with Crippen molar-refractivity contribution < 1.29 is 9.53 Å². The summed E-state index contributed by atoms with van der Waals surface area (Å²) in [5.74, 6) is 1.35. The van der Waals surface area contributed by atoms with Gasteiger partial charge in [0.2, 0.25) is 0 Å². The lowest BCUT2D eigenvalue weighted by Crippen LogP contribution is -2.51. The Kier molecular flexibility index (Phi) is 4.88. The molecule has 5 rings (SSSR count). The van der Waals surface area contributed by atoms with E-state index in [4.69, 9.17) is 9.72 Å². The Morgan fingerprint density at radius 1 is 1.16 bits per heavy atom. The molecule has 1 fully saturated rings. The molecule has 0 radical (unpaired) electrons. The molecule has 2 aliphatic rings. The first kappa shape index (κ1) is 19.6. The predicted octanol–water partition coefficient (Wildman–Crippen LogP) is 4.44. The van der Waals surface area contributed by atoms with E-state index in [9.17, 15) is 4.79 Å². The molecule has 2 aromatic heterocycles. The van der Waals surface area contributed by atoms with Crippen LogP contribution in [0.25, 0.3) is 5.69 Å². The third kappa shape index (κ3) is 3.44. The summed E-state index contributed by atoms with van der Waals surface area (Å²) in [5.41, 5.74) is 3.98. The molecular formula is C24H27N5O2. The first-order valence-electron chi connectivity index (χ1n) is 10.8. The van der Waals surface area contributed by atoms with Crippen molar-refractivity contribution in [3.63, 3.8) is 0 Å². The summed E-state index contributed by atoms with van der Waals surface area (Å²) < 4.78 is 7.82. The Balaban J connectivity index is 1.35. The Morgan fingerprint density at radius 3 is 2.68 bits per heavy atom. The average Bonchev–Trinajstić information content (AvgIpc) is 3.26. The van der Waals surface area contributed by atoms with Crippen molar-refractivity contribution in [2.24, 2.45) is 0 Å². The molecule has 0 unspecified atom stereocenters. The minimum absolute atomic E-state index is 0.257. The molecule has 0 aliphatic carbocycles. The minimum Gasteiger partial charge on any atom is -0.445 e. The predicted molar refractivity (Wildman–Crippen MR) is 118 cm³/mol. The lowest BCUT2D eigenvalue weighted by molar-refractivity contribution is 0.0794. The Bertz CT molecular complexity index is 1080. The van der Waals surface area contributed by atoms with Gasteiger partial charge in [0.15, 0.2) is 0 Å². The highest BCUT2D eigenvalue weighted by atomic mass is 16.6. The number of anilines is 1. The maximum atomic E-state index is 12.6. The number of benzene rings is 1. The number of likely N-dealkylation sites (tertiary alicyclic amines) is 1. The number of fused-ring (bicyclic) bond motifs is 4. The van der Waals surface area contributed by atoms with Crippen molar-refractivity contribution in [1.29, 1.82) is 0 Å². The van der Waals surface area contributed by atoms with Gasteiger partial charge in [0.05, 0.1) is 35.0 Å². The standard InChI is InChI=1S/C24H27N5O2/c1-17(2)22-26-15-21-24(27-19-14-25-11-8-20(19)29(21)22)9-12-28(13-10-24)23(30)31-16-18-6-4-3-5-7-18/h3-8,11,14-15,17,27H,9-10,12-13,16H2,1-2H3. The number of nitrogens with zero attached hydrogens (tertiary/aromatic N) is 4. The molecule has 3 aromatic rings. The number of hydrogen-bond acceptors (Lipinski definition) is 5. The Morgan fingerprint density at radius 2 is 1.94 bits per heavy atom. The number of piperidine rings is 1. The number of imidazole rings is 1. The van der Waals surface area contributed by atoms with Gasteiger partial charge in [-0.3, -0.25) is 9.55 Å². The van der Waals surface area contributed by atoms with Gasteiger partial charge in [-0.05, 0) is 24.5 Å². The van der Waals surface area contributed by atoms with Crippen LogP contribution in [0.5, 0.6) is 0 Å². The summed E-state index contributed by atoms with van der Waals surface area (Å²) in [6.07, 6.45) is 7.00. The highest BCUT2D eigenvalue weighted by molar-refractivity contribution is 5.69. The Labute approximate surface area is 182 Å². The van der Waals surface area contributed by atoms with Crippen molar-refractivity contribution in [2.45, 2.75) is 44.8 Å². The van der Waals surface area contributed by atoms with Crippen LogP contribution in [0.1, 0.15) is 49.7 Å². The van der Waals surface area contributed by atoms with Gasteiger partial charge >= 0.3 is 6.09 Å². The summed E-state index contributed by atoms with van der Waals surface area (Å²) in [6, 6.07) is 11.8. The van der Waals surface area contributed by atoms with E-state index in [1.807, 2.05) is 55.0 Å².